The summed E-state index contributed by atoms with van der Waals surface area (Å²) in [5, 5.41) is 2.88. The molecule has 2 aliphatic heterocycles. The molecule has 1 atom stereocenters. The lowest BCUT2D eigenvalue weighted by Crippen LogP contribution is -2.53. The minimum Gasteiger partial charge on any atom is -0.338 e. The molecule has 1 spiro atoms. The van der Waals surface area contributed by atoms with Gasteiger partial charge in [0, 0.05) is 24.4 Å². The Morgan fingerprint density at radius 3 is 2.71 bits per heavy atom. The normalized spacial score (nSPS) is 20.8. The maximum absolute atomic E-state index is 13.8. The van der Waals surface area contributed by atoms with Gasteiger partial charge in [-0.1, -0.05) is 47.5 Å². The third-order valence-corrected chi connectivity index (χ3v) is 6.76. The number of fused-ring (bicyclic) bond motifs is 2. The van der Waals surface area contributed by atoms with Crippen molar-refractivity contribution in [3.63, 3.8) is 0 Å². The van der Waals surface area contributed by atoms with E-state index in [1.54, 1.807) is 16.7 Å². The number of anilines is 1. The maximum Gasteiger partial charge on any atom is 0.319 e. The number of rotatable bonds is 3. The molecule has 2 aromatic rings. The van der Waals surface area contributed by atoms with Gasteiger partial charge in [0.15, 0.2) is 4.87 Å². The van der Waals surface area contributed by atoms with Crippen LogP contribution in [0, 0.1) is 13.8 Å². The second-order valence-corrected chi connectivity index (χ2v) is 8.67. The fraction of sp³-hybridized carbons (Fsp3) is 0.364. The SMILES string of the molecule is CCNC(=O)N1CCS[C@@]12C(=O)N(Cc1cccc(C)c1)c1ccc(C)cc12. The molecule has 4 rings (SSSR count). The van der Waals surface area contributed by atoms with Crippen LogP contribution in [0.3, 0.4) is 0 Å². The van der Waals surface area contributed by atoms with Gasteiger partial charge in [0.2, 0.25) is 0 Å². The number of carbonyl (C=O) groups excluding carboxylic acids is 2. The summed E-state index contributed by atoms with van der Waals surface area (Å²) in [6, 6.07) is 14.2. The molecule has 2 aliphatic rings. The van der Waals surface area contributed by atoms with Crippen molar-refractivity contribution in [3.8, 4) is 0 Å². The highest BCUT2D eigenvalue weighted by molar-refractivity contribution is 8.01. The van der Waals surface area contributed by atoms with Gasteiger partial charge >= 0.3 is 6.03 Å². The monoisotopic (exact) mass is 395 g/mol. The zero-order chi connectivity index (χ0) is 19.9. The maximum atomic E-state index is 13.8. The van der Waals surface area contributed by atoms with Crippen molar-refractivity contribution in [2.24, 2.45) is 0 Å². The first kappa shape index (κ1) is 18.9. The van der Waals surface area contributed by atoms with E-state index in [2.05, 4.69) is 30.4 Å². The lowest BCUT2D eigenvalue weighted by Gasteiger charge is -2.33. The molecule has 3 amide bonds. The summed E-state index contributed by atoms with van der Waals surface area (Å²) < 4.78 is 0. The summed E-state index contributed by atoms with van der Waals surface area (Å²) in [6.07, 6.45) is 0. The minimum atomic E-state index is -0.968. The van der Waals surface area contributed by atoms with Gasteiger partial charge < -0.3 is 10.2 Å². The standard InChI is InChI=1S/C22H25N3O2S/c1-4-23-21(27)25-10-11-28-22(25)18-13-16(3)8-9-19(18)24(20(22)26)14-17-7-5-6-15(2)12-17/h5-9,12-13H,4,10-11,14H2,1-3H3,(H,23,27)/t22-/m0/s1. The summed E-state index contributed by atoms with van der Waals surface area (Å²) in [5.74, 6) is 0.720. The Bertz CT molecular complexity index is 945. The van der Waals surface area contributed by atoms with Crippen LogP contribution in [-0.2, 0) is 16.2 Å². The summed E-state index contributed by atoms with van der Waals surface area (Å²) in [7, 11) is 0. The van der Waals surface area contributed by atoms with Gasteiger partial charge in [-0.15, -0.1) is 11.8 Å². The van der Waals surface area contributed by atoms with Gasteiger partial charge in [0.1, 0.15) is 0 Å². The molecule has 0 radical (unpaired) electrons. The number of benzene rings is 2. The van der Waals surface area contributed by atoms with Gasteiger partial charge in [-0.05, 0) is 32.4 Å². The molecule has 2 heterocycles. The van der Waals surface area contributed by atoms with Crippen LogP contribution >= 0.6 is 11.8 Å². The molecule has 1 N–H and O–H groups in total. The van der Waals surface area contributed by atoms with Crippen LogP contribution in [0.4, 0.5) is 10.5 Å². The molecule has 146 valence electrons. The predicted molar refractivity (Wildman–Crippen MR) is 113 cm³/mol. The van der Waals surface area contributed by atoms with Crippen LogP contribution in [0.1, 0.15) is 29.2 Å². The molecular weight excluding hydrogens is 370 g/mol. The Labute approximate surface area is 170 Å². The van der Waals surface area contributed by atoms with E-state index in [1.807, 2.05) is 43.0 Å². The second kappa shape index (κ2) is 7.17. The number of hydrogen-bond acceptors (Lipinski definition) is 3. The topological polar surface area (TPSA) is 52.7 Å². The van der Waals surface area contributed by atoms with Gasteiger partial charge in [0.05, 0.1) is 12.2 Å². The third-order valence-electron chi connectivity index (χ3n) is 5.35. The van der Waals surface area contributed by atoms with Crippen molar-refractivity contribution in [2.75, 3.05) is 23.7 Å². The van der Waals surface area contributed by atoms with Crippen LogP contribution in [0.2, 0.25) is 0 Å². The Balaban J connectivity index is 1.80. The van der Waals surface area contributed by atoms with Crippen molar-refractivity contribution in [1.82, 2.24) is 10.2 Å². The minimum absolute atomic E-state index is 0.0247. The summed E-state index contributed by atoms with van der Waals surface area (Å²) in [4.78, 5) is 29.2. The van der Waals surface area contributed by atoms with Crippen LogP contribution < -0.4 is 10.2 Å². The van der Waals surface area contributed by atoms with Crippen LogP contribution in [0.25, 0.3) is 0 Å². The number of thioether (sulfide) groups is 1. The van der Waals surface area contributed by atoms with E-state index in [1.165, 1.54) is 5.56 Å². The first-order valence-corrected chi connectivity index (χ1v) is 10.6. The zero-order valence-electron chi connectivity index (χ0n) is 16.5. The number of carbonyl (C=O) groups is 2. The highest BCUT2D eigenvalue weighted by Crippen LogP contribution is 2.54. The van der Waals surface area contributed by atoms with Gasteiger partial charge in [-0.3, -0.25) is 9.69 Å². The van der Waals surface area contributed by atoms with Crippen molar-refractivity contribution in [2.45, 2.75) is 32.2 Å². The van der Waals surface area contributed by atoms with Crippen LogP contribution in [-0.4, -0.2) is 35.7 Å². The van der Waals surface area contributed by atoms with Gasteiger partial charge in [0.25, 0.3) is 5.91 Å². The van der Waals surface area contributed by atoms with Crippen LogP contribution in [0.5, 0.6) is 0 Å². The lowest BCUT2D eigenvalue weighted by atomic mass is 10.0. The average Bonchev–Trinajstić information content (AvgIpc) is 3.20. The number of urea groups is 1. The molecule has 1 fully saturated rings. The molecule has 0 aliphatic carbocycles. The fourth-order valence-electron chi connectivity index (χ4n) is 4.13. The first-order valence-electron chi connectivity index (χ1n) is 9.65. The molecule has 0 aromatic heterocycles. The smallest absolute Gasteiger partial charge is 0.319 e. The number of amides is 3. The molecule has 0 bridgehead atoms. The molecule has 0 saturated carbocycles. The second-order valence-electron chi connectivity index (χ2n) is 7.38. The molecule has 6 heteroatoms. The molecular formula is C22H25N3O2S. The molecule has 1 saturated heterocycles. The highest BCUT2D eigenvalue weighted by Gasteiger charge is 2.59. The Morgan fingerprint density at radius 2 is 1.96 bits per heavy atom. The van der Waals surface area contributed by atoms with E-state index in [-0.39, 0.29) is 11.9 Å². The average molecular weight is 396 g/mol. The Hall–Kier alpha value is -2.47. The summed E-state index contributed by atoms with van der Waals surface area (Å²) >= 11 is 1.57. The first-order chi connectivity index (χ1) is 13.5. The molecule has 0 unspecified atom stereocenters. The quantitative estimate of drug-likeness (QED) is 0.860. The van der Waals surface area contributed by atoms with Crippen molar-refractivity contribution in [3.05, 3.63) is 64.7 Å². The van der Waals surface area contributed by atoms with E-state index in [9.17, 15) is 9.59 Å². The molecule has 28 heavy (non-hydrogen) atoms. The summed E-state index contributed by atoms with van der Waals surface area (Å²) in [6.45, 7) is 7.58. The van der Waals surface area contributed by atoms with Gasteiger partial charge in [-0.2, -0.15) is 0 Å². The largest absolute Gasteiger partial charge is 0.338 e. The van der Waals surface area contributed by atoms with Crippen LogP contribution in [0.15, 0.2) is 42.5 Å². The van der Waals surface area contributed by atoms with E-state index in [4.69, 9.17) is 0 Å². The fourth-order valence-corrected chi connectivity index (χ4v) is 5.58. The number of nitrogens with one attached hydrogen (secondary N) is 1. The predicted octanol–water partition coefficient (Wildman–Crippen LogP) is 3.78. The molecule has 2 aromatic carbocycles. The van der Waals surface area contributed by atoms with E-state index < -0.39 is 4.87 Å². The van der Waals surface area contributed by atoms with Crippen molar-refractivity contribution < 1.29 is 9.59 Å². The number of nitrogens with zero attached hydrogens (tertiary/aromatic N) is 2. The highest BCUT2D eigenvalue weighted by atomic mass is 32.2. The number of hydrogen-bond donors (Lipinski definition) is 1. The van der Waals surface area contributed by atoms with E-state index >= 15 is 0 Å². The van der Waals surface area contributed by atoms with Crippen molar-refractivity contribution in [1.29, 1.82) is 0 Å². The lowest BCUT2D eigenvalue weighted by molar-refractivity contribution is -0.123. The van der Waals surface area contributed by atoms with E-state index in [0.717, 1.165) is 28.1 Å². The zero-order valence-corrected chi connectivity index (χ0v) is 17.3. The van der Waals surface area contributed by atoms with Crippen molar-refractivity contribution >= 4 is 29.4 Å². The number of aryl methyl sites for hydroxylation is 2. The Kier molecular flexibility index (Phi) is 4.83. The summed E-state index contributed by atoms with van der Waals surface area (Å²) in [5.41, 5.74) is 5.18. The molecule has 5 nitrogen and oxygen atoms in total. The van der Waals surface area contributed by atoms with E-state index in [0.29, 0.717) is 19.6 Å². The van der Waals surface area contributed by atoms with Gasteiger partial charge in [-0.25, -0.2) is 4.79 Å². The Morgan fingerprint density at radius 1 is 1.18 bits per heavy atom. The third kappa shape index (κ3) is 2.87.